The Balaban J connectivity index is 1.61. The minimum atomic E-state index is -4.83. The molecule has 3 rings (SSSR count). The number of amides is 1. The maximum atomic E-state index is 12.5. The van der Waals surface area contributed by atoms with Crippen LogP contribution in [0.1, 0.15) is 24.5 Å². The zero-order valence-electron chi connectivity index (χ0n) is 16.6. The lowest BCUT2D eigenvalue weighted by molar-refractivity contribution is -0.274. The Morgan fingerprint density at radius 3 is 2.61 bits per heavy atom. The molecule has 6 nitrogen and oxygen atoms in total. The molecule has 9 heteroatoms. The number of rotatable bonds is 8. The molecule has 3 aromatic rings. The van der Waals surface area contributed by atoms with E-state index >= 15 is 0 Å². The summed E-state index contributed by atoms with van der Waals surface area (Å²) in [5.41, 5.74) is 0.930. The number of fused-ring (bicyclic) bond motifs is 1. The van der Waals surface area contributed by atoms with Crippen LogP contribution < -0.4 is 20.4 Å². The third kappa shape index (κ3) is 6.24. The van der Waals surface area contributed by atoms with Crippen LogP contribution in [0.15, 0.2) is 57.7 Å². The first-order chi connectivity index (χ1) is 14.7. The van der Waals surface area contributed by atoms with E-state index in [9.17, 15) is 22.8 Å². The van der Waals surface area contributed by atoms with Gasteiger partial charge in [0.25, 0.3) is 5.91 Å². The Hall–Kier alpha value is -3.49. The summed E-state index contributed by atoms with van der Waals surface area (Å²) in [6.45, 7) is 1.47. The molecule has 0 aliphatic rings. The molecule has 0 aliphatic heterocycles. The van der Waals surface area contributed by atoms with Crippen molar-refractivity contribution in [2.45, 2.75) is 32.7 Å². The van der Waals surface area contributed by atoms with Crippen LogP contribution in [0.4, 0.5) is 13.2 Å². The molecule has 1 amide bonds. The van der Waals surface area contributed by atoms with Crippen molar-refractivity contribution < 1.29 is 31.9 Å². The number of carbonyl (C=O) groups excluding carboxylic acids is 1. The summed E-state index contributed by atoms with van der Waals surface area (Å²) in [6, 6.07) is 11.9. The van der Waals surface area contributed by atoms with Gasteiger partial charge in [-0.15, -0.1) is 13.2 Å². The summed E-state index contributed by atoms with van der Waals surface area (Å²) < 4.78 is 52.0. The monoisotopic (exact) mass is 435 g/mol. The summed E-state index contributed by atoms with van der Waals surface area (Å²) in [5, 5.41) is 3.27. The molecule has 31 heavy (non-hydrogen) atoms. The zero-order valence-corrected chi connectivity index (χ0v) is 16.6. The van der Waals surface area contributed by atoms with Crippen molar-refractivity contribution in [2.24, 2.45) is 0 Å². The van der Waals surface area contributed by atoms with Gasteiger partial charge in [-0.25, -0.2) is 4.79 Å². The summed E-state index contributed by atoms with van der Waals surface area (Å²) in [6.07, 6.45) is -3.23. The van der Waals surface area contributed by atoms with Gasteiger partial charge in [0.2, 0.25) is 0 Å². The Kier molecular flexibility index (Phi) is 6.84. The maximum Gasteiger partial charge on any atom is 0.573 e. The second-order valence-electron chi connectivity index (χ2n) is 6.72. The van der Waals surface area contributed by atoms with Crippen molar-refractivity contribution in [2.75, 3.05) is 6.61 Å². The number of alkyl halides is 3. The Bertz CT molecular complexity index is 1120. The number of halogens is 3. The van der Waals surface area contributed by atoms with Crippen molar-refractivity contribution in [1.82, 2.24) is 5.32 Å². The first kappa shape index (κ1) is 22.2. The lowest BCUT2D eigenvalue weighted by atomic mass is 10.1. The number of nitrogens with one attached hydrogen (secondary N) is 1. The van der Waals surface area contributed by atoms with E-state index in [1.54, 1.807) is 12.1 Å². The quantitative estimate of drug-likeness (QED) is 0.533. The number of para-hydroxylation sites is 1. The van der Waals surface area contributed by atoms with E-state index in [0.717, 1.165) is 23.8 Å². The molecule has 2 aromatic carbocycles. The predicted molar refractivity (Wildman–Crippen MR) is 107 cm³/mol. The van der Waals surface area contributed by atoms with Crippen molar-refractivity contribution in [1.29, 1.82) is 0 Å². The second-order valence-corrected chi connectivity index (χ2v) is 6.72. The van der Waals surface area contributed by atoms with Crippen LogP contribution in [0, 0.1) is 0 Å². The number of aryl methyl sites for hydroxylation is 1. The summed E-state index contributed by atoms with van der Waals surface area (Å²) in [4.78, 5) is 23.8. The van der Waals surface area contributed by atoms with Crippen LogP contribution in [0.5, 0.6) is 11.5 Å². The standard InChI is InChI=1S/C22H20F3NO5/c1-2-5-14-10-21(28)30-19-11-16(8-9-17(14)19)29-13-20(27)26-12-15-6-3-4-7-18(15)31-22(23,24)25/h3-4,6-11H,2,5,12-13H2,1H3,(H,26,27). The van der Waals surface area contributed by atoms with Gasteiger partial charge in [0.1, 0.15) is 17.1 Å². The number of hydrogen-bond acceptors (Lipinski definition) is 5. The highest BCUT2D eigenvalue weighted by atomic mass is 19.4. The van der Waals surface area contributed by atoms with Crippen LogP contribution in [-0.2, 0) is 17.8 Å². The molecule has 1 aromatic heterocycles. The van der Waals surface area contributed by atoms with Gasteiger partial charge in [-0.2, -0.15) is 0 Å². The molecule has 0 spiro atoms. The smallest absolute Gasteiger partial charge is 0.484 e. The Morgan fingerprint density at radius 1 is 1.10 bits per heavy atom. The van der Waals surface area contributed by atoms with Crippen molar-refractivity contribution in [3.8, 4) is 11.5 Å². The first-order valence-electron chi connectivity index (χ1n) is 9.55. The largest absolute Gasteiger partial charge is 0.573 e. The molecule has 1 heterocycles. The van der Waals surface area contributed by atoms with Gasteiger partial charge in [-0.05, 0) is 30.2 Å². The lowest BCUT2D eigenvalue weighted by Gasteiger charge is -2.14. The van der Waals surface area contributed by atoms with Gasteiger partial charge >= 0.3 is 12.0 Å². The Morgan fingerprint density at radius 2 is 1.87 bits per heavy atom. The minimum absolute atomic E-state index is 0.165. The SMILES string of the molecule is CCCc1cc(=O)oc2cc(OCC(=O)NCc3ccccc3OC(F)(F)F)ccc12. The average molecular weight is 435 g/mol. The highest BCUT2D eigenvalue weighted by molar-refractivity contribution is 5.82. The Labute approximate surface area is 175 Å². The molecule has 0 fully saturated rings. The molecule has 0 atom stereocenters. The highest BCUT2D eigenvalue weighted by Gasteiger charge is 2.32. The molecule has 0 radical (unpaired) electrons. The zero-order chi connectivity index (χ0) is 22.4. The van der Waals surface area contributed by atoms with Crippen LogP contribution in [0.3, 0.4) is 0 Å². The van der Waals surface area contributed by atoms with E-state index < -0.39 is 17.9 Å². The number of benzene rings is 2. The molecule has 0 aliphatic carbocycles. The van der Waals surface area contributed by atoms with E-state index in [1.807, 2.05) is 6.92 Å². The lowest BCUT2D eigenvalue weighted by Crippen LogP contribution is -2.29. The fraction of sp³-hybridized carbons (Fsp3) is 0.273. The third-order valence-electron chi connectivity index (χ3n) is 4.37. The van der Waals surface area contributed by atoms with Crippen molar-refractivity contribution >= 4 is 16.9 Å². The highest BCUT2D eigenvalue weighted by Crippen LogP contribution is 2.26. The topological polar surface area (TPSA) is 77.8 Å². The molecular weight excluding hydrogens is 415 g/mol. The number of hydrogen-bond donors (Lipinski definition) is 1. The summed E-state index contributed by atoms with van der Waals surface area (Å²) >= 11 is 0. The van der Waals surface area contributed by atoms with Gasteiger partial charge in [0.05, 0.1) is 0 Å². The number of carbonyl (C=O) groups is 1. The molecule has 164 valence electrons. The predicted octanol–water partition coefficient (Wildman–Crippen LogP) is 4.34. The van der Waals surface area contributed by atoms with Gasteiger partial charge in [-0.3, -0.25) is 4.79 Å². The fourth-order valence-corrected chi connectivity index (χ4v) is 3.04. The number of ether oxygens (including phenoxy) is 2. The van der Waals surface area contributed by atoms with Crippen LogP contribution >= 0.6 is 0 Å². The van der Waals surface area contributed by atoms with E-state index in [1.165, 1.54) is 36.4 Å². The molecule has 0 unspecified atom stereocenters. The first-order valence-corrected chi connectivity index (χ1v) is 9.55. The third-order valence-corrected chi connectivity index (χ3v) is 4.37. The van der Waals surface area contributed by atoms with Gasteiger partial charge in [-0.1, -0.05) is 31.5 Å². The summed E-state index contributed by atoms with van der Waals surface area (Å²) in [5.74, 6) is -0.605. The van der Waals surface area contributed by atoms with Gasteiger partial charge in [0.15, 0.2) is 6.61 Å². The normalized spacial score (nSPS) is 11.4. The molecule has 0 saturated carbocycles. The molecule has 1 N–H and O–H groups in total. The molecular formula is C22H20F3NO5. The van der Waals surface area contributed by atoms with Gasteiger partial charge < -0.3 is 19.2 Å². The minimum Gasteiger partial charge on any atom is -0.484 e. The fourth-order valence-electron chi connectivity index (χ4n) is 3.04. The van der Waals surface area contributed by atoms with Crippen LogP contribution in [0.2, 0.25) is 0 Å². The van der Waals surface area contributed by atoms with E-state index in [2.05, 4.69) is 10.1 Å². The maximum absolute atomic E-state index is 12.5. The van der Waals surface area contributed by atoms with E-state index in [-0.39, 0.29) is 24.5 Å². The summed E-state index contributed by atoms with van der Waals surface area (Å²) in [7, 11) is 0. The second kappa shape index (κ2) is 9.55. The van der Waals surface area contributed by atoms with Gasteiger partial charge in [0, 0.05) is 29.6 Å². The van der Waals surface area contributed by atoms with E-state index in [0.29, 0.717) is 11.3 Å². The average Bonchev–Trinajstić information content (AvgIpc) is 2.70. The molecule has 0 saturated heterocycles. The van der Waals surface area contributed by atoms with Crippen molar-refractivity contribution in [3.05, 3.63) is 70.1 Å². The van der Waals surface area contributed by atoms with Crippen LogP contribution in [0.25, 0.3) is 11.0 Å². The van der Waals surface area contributed by atoms with Crippen molar-refractivity contribution in [3.63, 3.8) is 0 Å². The molecule has 0 bridgehead atoms. The van der Waals surface area contributed by atoms with E-state index in [4.69, 9.17) is 9.15 Å². The van der Waals surface area contributed by atoms with Crippen LogP contribution in [-0.4, -0.2) is 18.9 Å².